The Hall–Kier alpha value is -1.05. The molecule has 0 aromatic heterocycles. The van der Waals surface area contributed by atoms with Gasteiger partial charge in [0.1, 0.15) is 0 Å². The van der Waals surface area contributed by atoms with Crippen LogP contribution in [0.5, 0.6) is 0 Å². The van der Waals surface area contributed by atoms with E-state index < -0.39 is 0 Å². The van der Waals surface area contributed by atoms with Crippen LogP contribution in [-0.2, 0) is 6.54 Å². The second-order valence-corrected chi connectivity index (χ2v) is 6.35. The molecule has 0 bridgehead atoms. The lowest BCUT2D eigenvalue weighted by Gasteiger charge is -2.34. The average Bonchev–Trinajstić information content (AvgIpc) is 2.49. The first kappa shape index (κ1) is 15.3. The highest BCUT2D eigenvalue weighted by molar-refractivity contribution is 9.10. The molecule has 3 nitrogen and oxygen atoms in total. The van der Waals surface area contributed by atoms with Crippen molar-refractivity contribution in [1.82, 2.24) is 4.90 Å². The third-order valence-corrected chi connectivity index (χ3v) is 4.87. The van der Waals surface area contributed by atoms with E-state index in [0.717, 1.165) is 28.8 Å². The highest BCUT2D eigenvalue weighted by atomic mass is 79.9. The maximum absolute atomic E-state index is 9.09. The summed E-state index contributed by atoms with van der Waals surface area (Å²) < 4.78 is 0.825. The van der Waals surface area contributed by atoms with Crippen LogP contribution in [0.4, 0.5) is 5.69 Å². The summed E-state index contributed by atoms with van der Waals surface area (Å²) in [7, 11) is 0. The molecule has 1 aliphatic carbocycles. The fourth-order valence-electron chi connectivity index (χ4n) is 3.03. The van der Waals surface area contributed by atoms with Crippen molar-refractivity contribution in [2.45, 2.75) is 51.6 Å². The summed E-state index contributed by atoms with van der Waals surface area (Å²) in [6, 6.07) is 6.58. The van der Waals surface area contributed by atoms with Gasteiger partial charge in [-0.3, -0.25) is 4.90 Å². The second kappa shape index (κ2) is 7.10. The molecule has 0 atom stereocenters. The van der Waals surface area contributed by atoms with E-state index in [2.05, 4.69) is 33.8 Å². The van der Waals surface area contributed by atoms with Crippen molar-refractivity contribution in [2.24, 2.45) is 0 Å². The number of benzene rings is 1. The number of rotatable bonds is 4. The van der Waals surface area contributed by atoms with Gasteiger partial charge in [-0.2, -0.15) is 5.26 Å². The first-order valence-corrected chi connectivity index (χ1v) is 8.17. The summed E-state index contributed by atoms with van der Waals surface area (Å²) in [5, 5.41) is 9.09. The summed E-state index contributed by atoms with van der Waals surface area (Å²) in [6.45, 7) is 4.06. The molecule has 0 amide bonds. The van der Waals surface area contributed by atoms with Gasteiger partial charge in [0.2, 0.25) is 0 Å². The average molecular weight is 336 g/mol. The predicted octanol–water partition coefficient (Wildman–Crippen LogP) is 4.06. The summed E-state index contributed by atoms with van der Waals surface area (Å²) in [5.41, 5.74) is 8.64. The molecule has 1 aromatic carbocycles. The number of halogens is 1. The number of hydrogen-bond donors (Lipinski definition) is 1. The van der Waals surface area contributed by atoms with E-state index >= 15 is 0 Å². The van der Waals surface area contributed by atoms with Gasteiger partial charge in [-0.25, -0.2) is 0 Å². The lowest BCUT2D eigenvalue weighted by Crippen LogP contribution is -2.36. The Morgan fingerprint density at radius 1 is 1.35 bits per heavy atom. The Morgan fingerprint density at radius 2 is 2.05 bits per heavy atom. The van der Waals surface area contributed by atoms with Crippen LogP contribution < -0.4 is 5.73 Å². The minimum Gasteiger partial charge on any atom is -0.398 e. The molecule has 1 fully saturated rings. The molecule has 1 aliphatic rings. The van der Waals surface area contributed by atoms with E-state index in [1.165, 1.54) is 32.1 Å². The first-order chi connectivity index (χ1) is 9.65. The van der Waals surface area contributed by atoms with E-state index in [-0.39, 0.29) is 0 Å². The molecule has 0 unspecified atom stereocenters. The van der Waals surface area contributed by atoms with Crippen molar-refractivity contribution in [2.75, 3.05) is 12.3 Å². The highest BCUT2D eigenvalue weighted by Gasteiger charge is 2.21. The molecule has 2 N–H and O–H groups in total. The zero-order valence-electron chi connectivity index (χ0n) is 12.0. The summed E-state index contributed by atoms with van der Waals surface area (Å²) in [5.74, 6) is 0. The van der Waals surface area contributed by atoms with Crippen molar-refractivity contribution < 1.29 is 0 Å². The van der Waals surface area contributed by atoms with Crippen molar-refractivity contribution in [3.8, 4) is 6.07 Å². The van der Waals surface area contributed by atoms with Crippen molar-refractivity contribution in [3.05, 3.63) is 27.7 Å². The van der Waals surface area contributed by atoms with Crippen molar-refractivity contribution >= 4 is 21.6 Å². The number of hydrogen-bond acceptors (Lipinski definition) is 3. The number of nitrogen functional groups attached to an aromatic ring is 1. The molecule has 20 heavy (non-hydrogen) atoms. The van der Waals surface area contributed by atoms with Crippen LogP contribution in [0.25, 0.3) is 0 Å². The van der Waals surface area contributed by atoms with Crippen LogP contribution in [0, 0.1) is 11.3 Å². The predicted molar refractivity (Wildman–Crippen MR) is 86.2 cm³/mol. The van der Waals surface area contributed by atoms with Gasteiger partial charge in [0, 0.05) is 17.1 Å². The molecule has 2 rings (SSSR count). The molecule has 1 saturated carbocycles. The van der Waals surface area contributed by atoms with Gasteiger partial charge >= 0.3 is 0 Å². The SMILES string of the molecule is CCN(Cc1cc(C#N)cc(Br)c1N)C1CCCCC1. The number of anilines is 1. The molecule has 0 aliphatic heterocycles. The lowest BCUT2D eigenvalue weighted by molar-refractivity contribution is 0.156. The second-order valence-electron chi connectivity index (χ2n) is 5.50. The van der Waals surface area contributed by atoms with E-state index in [9.17, 15) is 0 Å². The Labute approximate surface area is 129 Å². The smallest absolute Gasteiger partial charge is 0.0992 e. The Bertz CT molecular complexity index is 501. The minimum absolute atomic E-state index is 0.665. The van der Waals surface area contributed by atoms with Gasteiger partial charge in [0.05, 0.1) is 17.3 Å². The lowest BCUT2D eigenvalue weighted by atomic mass is 9.93. The molecule has 0 radical (unpaired) electrons. The molecular formula is C16H22BrN3. The third-order valence-electron chi connectivity index (χ3n) is 4.22. The van der Waals surface area contributed by atoms with Crippen LogP contribution in [-0.4, -0.2) is 17.5 Å². The van der Waals surface area contributed by atoms with E-state index in [1.54, 1.807) is 6.07 Å². The molecule has 0 heterocycles. The maximum Gasteiger partial charge on any atom is 0.0992 e. The summed E-state index contributed by atoms with van der Waals surface area (Å²) in [6.07, 6.45) is 6.60. The monoisotopic (exact) mass is 335 g/mol. The van der Waals surface area contributed by atoms with E-state index in [1.807, 2.05) is 6.07 Å². The van der Waals surface area contributed by atoms with Gasteiger partial charge < -0.3 is 5.73 Å². The fourth-order valence-corrected chi connectivity index (χ4v) is 3.54. The summed E-state index contributed by atoms with van der Waals surface area (Å²) in [4.78, 5) is 2.50. The zero-order chi connectivity index (χ0) is 14.5. The van der Waals surface area contributed by atoms with Gasteiger partial charge in [-0.05, 0) is 53.0 Å². The normalized spacial score (nSPS) is 16.3. The van der Waals surface area contributed by atoms with E-state index in [0.29, 0.717) is 11.6 Å². The van der Waals surface area contributed by atoms with Crippen LogP contribution >= 0.6 is 15.9 Å². The molecule has 0 saturated heterocycles. The van der Waals surface area contributed by atoms with Gasteiger partial charge in [0.25, 0.3) is 0 Å². The Kier molecular flexibility index (Phi) is 5.45. The zero-order valence-corrected chi connectivity index (χ0v) is 13.6. The van der Waals surface area contributed by atoms with Crippen molar-refractivity contribution in [3.63, 3.8) is 0 Å². The van der Waals surface area contributed by atoms with Gasteiger partial charge in [0.15, 0.2) is 0 Å². The van der Waals surface area contributed by atoms with Crippen LogP contribution in [0.2, 0.25) is 0 Å². The maximum atomic E-state index is 9.09. The third kappa shape index (κ3) is 3.53. The summed E-state index contributed by atoms with van der Waals surface area (Å²) >= 11 is 3.45. The molecule has 4 heteroatoms. The topological polar surface area (TPSA) is 53.0 Å². The van der Waals surface area contributed by atoms with E-state index in [4.69, 9.17) is 11.0 Å². The molecule has 108 valence electrons. The fraction of sp³-hybridized carbons (Fsp3) is 0.562. The van der Waals surface area contributed by atoms with Gasteiger partial charge in [-0.15, -0.1) is 0 Å². The first-order valence-electron chi connectivity index (χ1n) is 7.37. The Balaban J connectivity index is 2.18. The quantitative estimate of drug-likeness (QED) is 0.844. The van der Waals surface area contributed by atoms with Crippen LogP contribution in [0.1, 0.15) is 50.2 Å². The minimum atomic E-state index is 0.665. The molecule has 1 aromatic rings. The Morgan fingerprint density at radius 3 is 2.65 bits per heavy atom. The highest BCUT2D eigenvalue weighted by Crippen LogP contribution is 2.29. The number of nitrogens with two attached hydrogens (primary N) is 1. The van der Waals surface area contributed by atoms with Gasteiger partial charge in [-0.1, -0.05) is 26.2 Å². The van der Waals surface area contributed by atoms with Crippen LogP contribution in [0.15, 0.2) is 16.6 Å². The number of nitrogens with zero attached hydrogens (tertiary/aromatic N) is 2. The molecular weight excluding hydrogens is 314 g/mol. The molecule has 0 spiro atoms. The van der Waals surface area contributed by atoms with Crippen LogP contribution in [0.3, 0.4) is 0 Å². The standard InChI is InChI=1S/C16H22BrN3/c1-2-20(14-6-4-3-5-7-14)11-13-8-12(10-18)9-15(17)16(13)19/h8-9,14H,2-7,11,19H2,1H3. The largest absolute Gasteiger partial charge is 0.398 e. The number of nitriles is 1. The van der Waals surface area contributed by atoms with Crippen molar-refractivity contribution in [1.29, 1.82) is 5.26 Å².